The molecule has 2 rings (SSSR count). The van der Waals surface area contributed by atoms with Crippen LogP contribution in [0.2, 0.25) is 0 Å². The lowest BCUT2D eigenvalue weighted by Crippen LogP contribution is -2.09. The van der Waals surface area contributed by atoms with E-state index in [9.17, 15) is 8.42 Å². The van der Waals surface area contributed by atoms with Gasteiger partial charge >= 0.3 is 0 Å². The van der Waals surface area contributed by atoms with Crippen molar-refractivity contribution in [3.8, 4) is 6.07 Å². The average molecular weight is 221 g/mol. The van der Waals surface area contributed by atoms with Gasteiger partial charge < -0.3 is 0 Å². The molecule has 0 aromatic heterocycles. The Morgan fingerprint density at radius 2 is 1.93 bits per heavy atom. The molecule has 0 amide bonds. The molecule has 1 aromatic rings. The Morgan fingerprint density at radius 1 is 1.33 bits per heavy atom. The molecular weight excluding hydrogens is 210 g/mol. The molecule has 78 valence electrons. The first-order valence-corrected chi connectivity index (χ1v) is 6.30. The van der Waals surface area contributed by atoms with Crippen LogP contribution in [0.5, 0.6) is 0 Å². The van der Waals surface area contributed by atoms with E-state index >= 15 is 0 Å². The van der Waals surface area contributed by atoms with Crippen molar-refractivity contribution in [3.05, 3.63) is 29.8 Å². The van der Waals surface area contributed by atoms with Crippen LogP contribution < -0.4 is 0 Å². The van der Waals surface area contributed by atoms with Crippen molar-refractivity contribution in [1.82, 2.24) is 0 Å². The molecule has 0 bridgehead atoms. The molecule has 1 saturated carbocycles. The SMILES string of the molecule is Cc1ccc(S(=O)(=O)[C@@H]2C[C@@H]2C#N)cc1. The molecule has 0 spiro atoms. The predicted octanol–water partition coefficient (Wildman–Crippen LogP) is 1.68. The Hall–Kier alpha value is -1.34. The van der Waals surface area contributed by atoms with E-state index in [-0.39, 0.29) is 5.92 Å². The van der Waals surface area contributed by atoms with Crippen molar-refractivity contribution < 1.29 is 8.42 Å². The van der Waals surface area contributed by atoms with Gasteiger partial charge in [0.2, 0.25) is 0 Å². The molecule has 2 atom stereocenters. The number of hydrogen-bond donors (Lipinski definition) is 0. The fraction of sp³-hybridized carbons (Fsp3) is 0.364. The fourth-order valence-electron chi connectivity index (χ4n) is 1.55. The van der Waals surface area contributed by atoms with Crippen molar-refractivity contribution in [2.24, 2.45) is 5.92 Å². The summed E-state index contributed by atoms with van der Waals surface area (Å²) in [5, 5.41) is 8.14. The Balaban J connectivity index is 2.32. The summed E-state index contributed by atoms with van der Waals surface area (Å²) in [6, 6.07) is 8.76. The third kappa shape index (κ3) is 1.75. The Morgan fingerprint density at radius 3 is 2.40 bits per heavy atom. The van der Waals surface area contributed by atoms with Gasteiger partial charge in [-0.2, -0.15) is 5.26 Å². The van der Waals surface area contributed by atoms with E-state index in [4.69, 9.17) is 5.26 Å². The first-order chi connectivity index (χ1) is 7.05. The highest BCUT2D eigenvalue weighted by molar-refractivity contribution is 7.92. The van der Waals surface area contributed by atoms with Crippen molar-refractivity contribution in [3.63, 3.8) is 0 Å². The molecule has 1 aliphatic rings. The van der Waals surface area contributed by atoms with Crippen LogP contribution in [0.4, 0.5) is 0 Å². The normalized spacial score (nSPS) is 24.5. The molecule has 0 unspecified atom stereocenters. The number of aryl methyl sites for hydroxylation is 1. The number of nitrogens with zero attached hydrogens (tertiary/aromatic N) is 1. The van der Waals surface area contributed by atoms with Gasteiger partial charge in [0, 0.05) is 0 Å². The van der Waals surface area contributed by atoms with Gasteiger partial charge in [0.05, 0.1) is 22.1 Å². The van der Waals surface area contributed by atoms with E-state index in [1.807, 2.05) is 13.0 Å². The molecule has 15 heavy (non-hydrogen) atoms. The zero-order valence-electron chi connectivity index (χ0n) is 8.34. The number of nitriles is 1. The van der Waals surface area contributed by atoms with Crippen LogP contribution in [0.1, 0.15) is 12.0 Å². The van der Waals surface area contributed by atoms with Gasteiger partial charge in [-0.1, -0.05) is 17.7 Å². The smallest absolute Gasteiger partial charge is 0.182 e. The lowest BCUT2D eigenvalue weighted by atomic mass is 10.2. The van der Waals surface area contributed by atoms with Crippen LogP contribution >= 0.6 is 0 Å². The molecule has 1 fully saturated rings. The zero-order chi connectivity index (χ0) is 11.1. The number of hydrogen-bond acceptors (Lipinski definition) is 3. The van der Waals surface area contributed by atoms with Gasteiger partial charge in [0.25, 0.3) is 0 Å². The molecular formula is C11H11NO2S. The molecule has 0 heterocycles. The van der Waals surface area contributed by atoms with Gasteiger partial charge in [0.15, 0.2) is 9.84 Å². The summed E-state index contributed by atoms with van der Waals surface area (Å²) in [7, 11) is -3.27. The van der Waals surface area contributed by atoms with Crippen LogP contribution in [0.15, 0.2) is 29.2 Å². The zero-order valence-corrected chi connectivity index (χ0v) is 9.16. The van der Waals surface area contributed by atoms with Gasteiger partial charge in [0.1, 0.15) is 0 Å². The lowest BCUT2D eigenvalue weighted by Gasteiger charge is -2.02. The molecule has 0 radical (unpaired) electrons. The molecule has 3 nitrogen and oxygen atoms in total. The molecule has 1 aromatic carbocycles. The standard InChI is InChI=1S/C11H11NO2S/c1-8-2-4-10(5-3-8)15(13,14)11-6-9(11)7-12/h2-5,9,11H,6H2,1H3/t9-,11-/m1/s1. The van der Waals surface area contributed by atoms with E-state index < -0.39 is 15.1 Å². The first kappa shape index (κ1) is 10.2. The van der Waals surface area contributed by atoms with E-state index in [2.05, 4.69) is 0 Å². The Kier molecular flexibility index (Phi) is 2.28. The maximum Gasteiger partial charge on any atom is 0.182 e. The Bertz CT molecular complexity index is 511. The van der Waals surface area contributed by atoms with Gasteiger partial charge in [-0.05, 0) is 25.5 Å². The monoisotopic (exact) mass is 221 g/mol. The number of benzene rings is 1. The van der Waals surface area contributed by atoms with E-state index in [0.29, 0.717) is 11.3 Å². The van der Waals surface area contributed by atoms with Crippen molar-refractivity contribution in [2.75, 3.05) is 0 Å². The second-order valence-electron chi connectivity index (χ2n) is 3.87. The molecule has 0 N–H and O–H groups in total. The minimum Gasteiger partial charge on any atom is -0.223 e. The van der Waals surface area contributed by atoms with Crippen LogP contribution in [0.3, 0.4) is 0 Å². The van der Waals surface area contributed by atoms with Crippen molar-refractivity contribution >= 4 is 9.84 Å². The molecule has 0 aliphatic heterocycles. The summed E-state index contributed by atoms with van der Waals surface area (Å²) in [4.78, 5) is 0.329. The van der Waals surface area contributed by atoms with E-state index in [0.717, 1.165) is 5.56 Å². The average Bonchev–Trinajstić information content (AvgIpc) is 2.98. The van der Waals surface area contributed by atoms with Gasteiger partial charge in [-0.25, -0.2) is 8.42 Å². The number of sulfone groups is 1. The highest BCUT2D eigenvalue weighted by Crippen LogP contribution is 2.39. The largest absolute Gasteiger partial charge is 0.223 e. The maximum atomic E-state index is 11.9. The fourth-order valence-corrected chi connectivity index (χ4v) is 3.37. The van der Waals surface area contributed by atoms with E-state index in [1.54, 1.807) is 24.3 Å². The predicted molar refractivity (Wildman–Crippen MR) is 55.9 cm³/mol. The van der Waals surface area contributed by atoms with Crippen molar-refractivity contribution in [2.45, 2.75) is 23.5 Å². The quantitative estimate of drug-likeness (QED) is 0.763. The summed E-state index contributed by atoms with van der Waals surface area (Å²) in [5.41, 5.74) is 1.03. The summed E-state index contributed by atoms with van der Waals surface area (Å²) < 4.78 is 23.8. The highest BCUT2D eigenvalue weighted by Gasteiger charge is 2.48. The minimum atomic E-state index is -3.27. The maximum absolute atomic E-state index is 11.9. The van der Waals surface area contributed by atoms with Gasteiger partial charge in [-0.15, -0.1) is 0 Å². The first-order valence-electron chi connectivity index (χ1n) is 4.76. The van der Waals surface area contributed by atoms with Crippen molar-refractivity contribution in [1.29, 1.82) is 5.26 Å². The Labute approximate surface area is 89.3 Å². The van der Waals surface area contributed by atoms with Crippen LogP contribution in [-0.4, -0.2) is 13.7 Å². The lowest BCUT2D eigenvalue weighted by molar-refractivity contribution is 0.593. The minimum absolute atomic E-state index is 0.309. The second kappa shape index (κ2) is 3.35. The molecule has 4 heteroatoms. The third-order valence-electron chi connectivity index (χ3n) is 2.65. The highest BCUT2D eigenvalue weighted by atomic mass is 32.2. The van der Waals surface area contributed by atoms with Gasteiger partial charge in [-0.3, -0.25) is 0 Å². The second-order valence-corrected chi connectivity index (χ2v) is 6.03. The summed E-state index contributed by atoms with van der Waals surface area (Å²) >= 11 is 0. The van der Waals surface area contributed by atoms with E-state index in [1.165, 1.54) is 0 Å². The summed E-state index contributed by atoms with van der Waals surface area (Å²) in [6.45, 7) is 1.91. The van der Waals surface area contributed by atoms with Crippen LogP contribution in [0.25, 0.3) is 0 Å². The summed E-state index contributed by atoms with van der Waals surface area (Å²) in [6.07, 6.45) is 0.479. The van der Waals surface area contributed by atoms with Crippen LogP contribution in [-0.2, 0) is 9.84 Å². The molecule has 0 saturated heterocycles. The number of rotatable bonds is 2. The molecule has 1 aliphatic carbocycles. The summed E-state index contributed by atoms with van der Waals surface area (Å²) in [5.74, 6) is -0.309. The third-order valence-corrected chi connectivity index (χ3v) is 4.89. The van der Waals surface area contributed by atoms with Crippen LogP contribution in [0, 0.1) is 24.2 Å². The topological polar surface area (TPSA) is 57.9 Å².